The predicted molar refractivity (Wildman–Crippen MR) is 85.1 cm³/mol. The Kier molecular flexibility index (Phi) is 5.40. The molecule has 1 aliphatic heterocycles. The van der Waals surface area contributed by atoms with E-state index in [9.17, 15) is 13.2 Å². The van der Waals surface area contributed by atoms with Gasteiger partial charge in [0, 0.05) is 30.4 Å². The first kappa shape index (κ1) is 16.5. The Balaban J connectivity index is 1.96. The maximum Gasteiger partial charge on any atom is 0.218 e. The average molecular weight is 330 g/mol. The van der Waals surface area contributed by atoms with E-state index in [2.05, 4.69) is 23.3 Å². The van der Waals surface area contributed by atoms with E-state index < -0.39 is 15.7 Å². The van der Waals surface area contributed by atoms with Crippen molar-refractivity contribution in [3.8, 4) is 0 Å². The van der Waals surface area contributed by atoms with Gasteiger partial charge in [-0.05, 0) is 29.9 Å². The van der Waals surface area contributed by atoms with E-state index in [4.69, 9.17) is 5.73 Å². The van der Waals surface area contributed by atoms with E-state index in [1.54, 1.807) is 11.3 Å². The molecule has 0 saturated heterocycles. The highest BCUT2D eigenvalue weighted by Gasteiger charge is 2.27. The third-order valence-electron chi connectivity index (χ3n) is 3.94. The van der Waals surface area contributed by atoms with Crippen molar-refractivity contribution in [3.63, 3.8) is 0 Å². The van der Waals surface area contributed by atoms with Crippen LogP contribution < -0.4 is 5.73 Å². The number of fused-ring (bicyclic) bond motifs is 1. The molecule has 7 heteroatoms. The molecule has 0 bridgehead atoms. The van der Waals surface area contributed by atoms with Crippen LogP contribution in [0.5, 0.6) is 0 Å². The zero-order valence-electron chi connectivity index (χ0n) is 12.2. The fourth-order valence-electron chi connectivity index (χ4n) is 2.81. The molecule has 2 heterocycles. The SMILES string of the molecule is CCC1c2ccsc2CCN1CCS(=O)(=O)CCC(N)=O. The number of sulfone groups is 1. The largest absolute Gasteiger partial charge is 0.370 e. The molecule has 118 valence electrons. The van der Waals surface area contributed by atoms with Crippen LogP contribution in [0.1, 0.15) is 36.2 Å². The van der Waals surface area contributed by atoms with E-state index in [-0.39, 0.29) is 17.9 Å². The number of amides is 1. The first-order chi connectivity index (χ1) is 9.93. The molecular weight excluding hydrogens is 308 g/mol. The number of carbonyl (C=O) groups excluding carboxylic acids is 1. The summed E-state index contributed by atoms with van der Waals surface area (Å²) in [7, 11) is -3.21. The van der Waals surface area contributed by atoms with Crippen molar-refractivity contribution in [1.82, 2.24) is 4.90 Å². The minimum absolute atomic E-state index is 0.0891. The molecule has 0 aromatic carbocycles. The maximum atomic E-state index is 11.9. The lowest BCUT2D eigenvalue weighted by atomic mass is 9.98. The lowest BCUT2D eigenvalue weighted by Crippen LogP contribution is -2.38. The van der Waals surface area contributed by atoms with Crippen LogP contribution in [-0.2, 0) is 21.1 Å². The van der Waals surface area contributed by atoms with Gasteiger partial charge in [-0.3, -0.25) is 9.69 Å². The van der Waals surface area contributed by atoms with Crippen LogP contribution in [0.4, 0.5) is 0 Å². The summed E-state index contributed by atoms with van der Waals surface area (Å²) in [6.45, 7) is 3.55. The zero-order chi connectivity index (χ0) is 15.5. The van der Waals surface area contributed by atoms with Crippen LogP contribution in [0.25, 0.3) is 0 Å². The van der Waals surface area contributed by atoms with E-state index in [1.165, 1.54) is 10.4 Å². The van der Waals surface area contributed by atoms with Crippen LogP contribution in [0.3, 0.4) is 0 Å². The van der Waals surface area contributed by atoms with Crippen molar-refractivity contribution in [1.29, 1.82) is 0 Å². The normalized spacial score (nSPS) is 19.4. The van der Waals surface area contributed by atoms with E-state index in [0.717, 1.165) is 19.4 Å². The molecule has 21 heavy (non-hydrogen) atoms. The fourth-order valence-corrected chi connectivity index (χ4v) is 4.97. The van der Waals surface area contributed by atoms with Gasteiger partial charge < -0.3 is 5.73 Å². The van der Waals surface area contributed by atoms with Crippen molar-refractivity contribution < 1.29 is 13.2 Å². The van der Waals surface area contributed by atoms with Crippen molar-refractivity contribution in [3.05, 3.63) is 21.9 Å². The van der Waals surface area contributed by atoms with Gasteiger partial charge in [-0.15, -0.1) is 11.3 Å². The van der Waals surface area contributed by atoms with Crippen LogP contribution in [0, 0.1) is 0 Å². The second-order valence-electron chi connectivity index (χ2n) is 5.38. The van der Waals surface area contributed by atoms with E-state index in [1.807, 2.05) is 0 Å². The first-order valence-corrected chi connectivity index (χ1v) is 9.92. The van der Waals surface area contributed by atoms with Gasteiger partial charge in [-0.2, -0.15) is 0 Å². The van der Waals surface area contributed by atoms with Crippen molar-refractivity contribution >= 4 is 27.1 Å². The minimum Gasteiger partial charge on any atom is -0.370 e. The summed E-state index contributed by atoms with van der Waals surface area (Å²) in [5, 5.41) is 2.11. The van der Waals surface area contributed by atoms with Gasteiger partial charge in [0.25, 0.3) is 0 Å². The number of primary amides is 1. The summed E-state index contributed by atoms with van der Waals surface area (Å²) in [6, 6.07) is 2.47. The second kappa shape index (κ2) is 6.89. The molecule has 1 amide bonds. The monoisotopic (exact) mass is 330 g/mol. The fraction of sp³-hybridized carbons (Fsp3) is 0.643. The molecular formula is C14H22N2O3S2. The summed E-state index contributed by atoms with van der Waals surface area (Å²) in [6.07, 6.45) is 1.88. The Bertz CT molecular complexity index is 595. The average Bonchev–Trinajstić information content (AvgIpc) is 2.91. The van der Waals surface area contributed by atoms with Gasteiger partial charge in [-0.1, -0.05) is 6.92 Å². The summed E-state index contributed by atoms with van der Waals surface area (Å²) in [5.74, 6) is -0.613. The Labute approximate surface area is 130 Å². The summed E-state index contributed by atoms with van der Waals surface area (Å²) in [4.78, 5) is 14.4. The smallest absolute Gasteiger partial charge is 0.218 e. The van der Waals surface area contributed by atoms with Crippen LogP contribution in [0.15, 0.2) is 11.4 Å². The highest BCUT2D eigenvalue weighted by atomic mass is 32.2. The van der Waals surface area contributed by atoms with Crippen LogP contribution >= 0.6 is 11.3 Å². The predicted octanol–water partition coefficient (Wildman–Crippen LogP) is 1.35. The molecule has 0 aliphatic carbocycles. The van der Waals surface area contributed by atoms with Gasteiger partial charge in [-0.25, -0.2) is 8.42 Å². The lowest BCUT2D eigenvalue weighted by molar-refractivity contribution is -0.117. The molecule has 5 nitrogen and oxygen atoms in total. The van der Waals surface area contributed by atoms with Gasteiger partial charge >= 0.3 is 0 Å². The number of hydrogen-bond acceptors (Lipinski definition) is 5. The Morgan fingerprint density at radius 1 is 1.48 bits per heavy atom. The number of hydrogen-bond donors (Lipinski definition) is 1. The Hall–Kier alpha value is -0.920. The Morgan fingerprint density at radius 2 is 2.24 bits per heavy atom. The summed E-state index contributed by atoms with van der Waals surface area (Å²) >= 11 is 1.79. The quantitative estimate of drug-likeness (QED) is 0.818. The standard InChI is InChI=1S/C14H22N2O3S2/c1-2-12-11-4-8-20-13(11)3-6-16(12)7-10-21(18,19)9-5-14(15)17/h4,8,12H,2-3,5-7,9-10H2,1H3,(H2,15,17). The molecule has 2 N–H and O–H groups in total. The lowest BCUT2D eigenvalue weighted by Gasteiger charge is -2.35. The molecule has 1 aromatic heterocycles. The maximum absolute atomic E-state index is 11.9. The molecule has 0 radical (unpaired) electrons. The minimum atomic E-state index is -3.21. The van der Waals surface area contributed by atoms with Crippen molar-refractivity contribution in [2.24, 2.45) is 5.73 Å². The van der Waals surface area contributed by atoms with Gasteiger partial charge in [0.1, 0.15) is 0 Å². The molecule has 0 saturated carbocycles. The molecule has 1 aromatic rings. The molecule has 0 fully saturated rings. The molecule has 2 rings (SSSR count). The third-order valence-corrected chi connectivity index (χ3v) is 6.57. The topological polar surface area (TPSA) is 80.5 Å². The number of thiophene rings is 1. The van der Waals surface area contributed by atoms with Gasteiger partial charge in [0.2, 0.25) is 5.91 Å². The molecule has 1 aliphatic rings. The molecule has 1 atom stereocenters. The van der Waals surface area contributed by atoms with Crippen LogP contribution in [0.2, 0.25) is 0 Å². The second-order valence-corrected chi connectivity index (χ2v) is 8.68. The van der Waals surface area contributed by atoms with Gasteiger partial charge in [0.05, 0.1) is 11.5 Å². The van der Waals surface area contributed by atoms with E-state index >= 15 is 0 Å². The summed E-state index contributed by atoms with van der Waals surface area (Å²) < 4.78 is 23.9. The Morgan fingerprint density at radius 3 is 2.90 bits per heavy atom. The molecule has 0 spiro atoms. The van der Waals surface area contributed by atoms with Crippen LogP contribution in [-0.4, -0.2) is 43.8 Å². The van der Waals surface area contributed by atoms with Gasteiger partial charge in [0.15, 0.2) is 9.84 Å². The highest BCUT2D eigenvalue weighted by Crippen LogP contribution is 2.34. The van der Waals surface area contributed by atoms with Crippen molar-refractivity contribution in [2.75, 3.05) is 24.6 Å². The summed E-state index contributed by atoms with van der Waals surface area (Å²) in [5.41, 5.74) is 6.36. The third kappa shape index (κ3) is 4.28. The number of rotatable bonds is 7. The molecule has 1 unspecified atom stereocenters. The highest BCUT2D eigenvalue weighted by molar-refractivity contribution is 7.91. The number of carbonyl (C=O) groups is 1. The van der Waals surface area contributed by atoms with E-state index in [0.29, 0.717) is 12.6 Å². The van der Waals surface area contributed by atoms with Crippen molar-refractivity contribution in [2.45, 2.75) is 32.2 Å². The number of nitrogens with two attached hydrogens (primary N) is 1. The number of nitrogens with zero attached hydrogens (tertiary/aromatic N) is 1. The first-order valence-electron chi connectivity index (χ1n) is 7.22. The zero-order valence-corrected chi connectivity index (χ0v) is 13.9.